The van der Waals surface area contributed by atoms with Gasteiger partial charge in [-0.05, 0) is 59.4 Å². The Morgan fingerprint density at radius 1 is 0.804 bits per heavy atom. The van der Waals surface area contributed by atoms with Gasteiger partial charge in [0.25, 0.3) is 0 Å². The van der Waals surface area contributed by atoms with Crippen LogP contribution < -0.4 is 14.4 Å². The van der Waals surface area contributed by atoms with Gasteiger partial charge in [0.05, 0.1) is 11.9 Å². The minimum absolute atomic E-state index is 0.141. The number of nitrogens with one attached hydrogen (secondary N) is 1. The van der Waals surface area contributed by atoms with Crippen LogP contribution in [0.3, 0.4) is 0 Å². The van der Waals surface area contributed by atoms with Crippen molar-refractivity contribution in [3.8, 4) is 5.75 Å². The molecule has 0 saturated carbocycles. The number of benzene rings is 4. The number of anilines is 1. The predicted molar refractivity (Wildman–Crippen MR) is 183 cm³/mol. The van der Waals surface area contributed by atoms with Gasteiger partial charge in [-0.15, -0.1) is 0 Å². The van der Waals surface area contributed by atoms with Gasteiger partial charge in [0, 0.05) is 19.5 Å². The Balaban J connectivity index is 1.64. The fourth-order valence-electron chi connectivity index (χ4n) is 5.01. The number of ether oxygens (including phenoxy) is 1. The van der Waals surface area contributed by atoms with E-state index in [1.54, 1.807) is 24.3 Å². The van der Waals surface area contributed by atoms with Crippen LogP contribution in [0, 0.1) is 12.8 Å². The predicted octanol–water partition coefficient (Wildman–Crippen LogP) is 5.75. The van der Waals surface area contributed by atoms with Gasteiger partial charge in [-0.25, -0.2) is 8.42 Å². The summed E-state index contributed by atoms with van der Waals surface area (Å²) in [6.45, 7) is 6.44. The Hall–Kier alpha value is -4.63. The zero-order chi connectivity index (χ0) is 33.1. The monoisotopic (exact) mass is 641 g/mol. The van der Waals surface area contributed by atoms with Crippen LogP contribution in [0.1, 0.15) is 36.1 Å². The third kappa shape index (κ3) is 9.94. The maximum atomic E-state index is 14.3. The summed E-state index contributed by atoms with van der Waals surface area (Å²) in [7, 11) is -3.88. The average molecular weight is 642 g/mol. The van der Waals surface area contributed by atoms with Crippen LogP contribution in [0.5, 0.6) is 5.75 Å². The van der Waals surface area contributed by atoms with E-state index in [1.807, 2.05) is 106 Å². The van der Waals surface area contributed by atoms with E-state index < -0.39 is 28.5 Å². The van der Waals surface area contributed by atoms with Crippen LogP contribution in [0.15, 0.2) is 109 Å². The third-order valence-electron chi connectivity index (χ3n) is 7.61. The second-order valence-electron chi connectivity index (χ2n) is 11.8. The first-order valence-corrected chi connectivity index (χ1v) is 17.3. The van der Waals surface area contributed by atoms with Crippen molar-refractivity contribution in [1.82, 2.24) is 10.2 Å². The Morgan fingerprint density at radius 2 is 1.39 bits per heavy atom. The lowest BCUT2D eigenvalue weighted by molar-refractivity contribution is -0.140. The van der Waals surface area contributed by atoms with Crippen LogP contribution in [0.2, 0.25) is 0 Å². The maximum absolute atomic E-state index is 14.3. The number of nitrogens with zero attached hydrogens (tertiary/aromatic N) is 2. The van der Waals surface area contributed by atoms with Gasteiger partial charge >= 0.3 is 0 Å². The fourth-order valence-corrected chi connectivity index (χ4v) is 5.86. The van der Waals surface area contributed by atoms with Crippen molar-refractivity contribution in [2.45, 2.75) is 46.4 Å². The summed E-state index contributed by atoms with van der Waals surface area (Å²) in [6.07, 6.45) is 1.34. The first-order chi connectivity index (χ1) is 22.0. The zero-order valence-electron chi connectivity index (χ0n) is 26.9. The van der Waals surface area contributed by atoms with Gasteiger partial charge in [0.1, 0.15) is 24.9 Å². The molecule has 0 spiro atoms. The minimum atomic E-state index is -3.88. The minimum Gasteiger partial charge on any atom is -0.489 e. The second-order valence-corrected chi connectivity index (χ2v) is 13.7. The van der Waals surface area contributed by atoms with Crippen molar-refractivity contribution >= 4 is 27.5 Å². The molecule has 242 valence electrons. The van der Waals surface area contributed by atoms with Gasteiger partial charge in [-0.2, -0.15) is 0 Å². The number of amides is 2. The van der Waals surface area contributed by atoms with Crippen molar-refractivity contribution in [3.05, 3.63) is 131 Å². The summed E-state index contributed by atoms with van der Waals surface area (Å²) in [6, 6.07) is 32.7. The Kier molecular flexibility index (Phi) is 12.0. The average Bonchev–Trinajstić information content (AvgIpc) is 3.04. The molecule has 46 heavy (non-hydrogen) atoms. The highest BCUT2D eigenvalue weighted by molar-refractivity contribution is 7.92. The van der Waals surface area contributed by atoms with Crippen LogP contribution in [-0.4, -0.2) is 50.5 Å². The SMILES string of the molecule is Cc1ccccc1CN(C(=O)CN(c1ccc(OCc2ccccc2)cc1)S(C)(=O)=O)[C@@H](Cc1ccccc1)C(=O)NCC(C)C. The molecule has 4 aromatic carbocycles. The molecule has 0 fully saturated rings. The second kappa shape index (κ2) is 16.1. The molecule has 0 radical (unpaired) electrons. The lowest BCUT2D eigenvalue weighted by Crippen LogP contribution is -2.53. The quantitative estimate of drug-likeness (QED) is 0.178. The third-order valence-corrected chi connectivity index (χ3v) is 8.75. The Bertz CT molecular complexity index is 1680. The summed E-state index contributed by atoms with van der Waals surface area (Å²) in [4.78, 5) is 29.6. The number of hydrogen-bond acceptors (Lipinski definition) is 5. The highest BCUT2D eigenvalue weighted by Gasteiger charge is 2.33. The number of hydrogen-bond donors (Lipinski definition) is 1. The molecule has 9 heteroatoms. The zero-order valence-corrected chi connectivity index (χ0v) is 27.7. The largest absolute Gasteiger partial charge is 0.489 e. The molecule has 1 N–H and O–H groups in total. The lowest BCUT2D eigenvalue weighted by atomic mass is 10.0. The van der Waals surface area contributed by atoms with Crippen LogP contribution in [-0.2, 0) is 39.2 Å². The van der Waals surface area contributed by atoms with E-state index in [-0.39, 0.29) is 24.8 Å². The topological polar surface area (TPSA) is 96.0 Å². The van der Waals surface area contributed by atoms with E-state index in [0.29, 0.717) is 24.6 Å². The standard InChI is InChI=1S/C37H43N3O5S/c1-28(2)24-38-37(42)35(23-30-14-7-5-8-15-30)39(25-32-18-12-11-13-29(32)3)36(41)26-40(46(4,43)44)33-19-21-34(22-20-33)45-27-31-16-9-6-10-17-31/h5-22,28,35H,23-27H2,1-4H3,(H,38,42)/t35-/m0/s1. The maximum Gasteiger partial charge on any atom is 0.244 e. The molecule has 0 heterocycles. The van der Waals surface area contributed by atoms with Gasteiger partial charge in [0.2, 0.25) is 21.8 Å². The van der Waals surface area contributed by atoms with E-state index >= 15 is 0 Å². The van der Waals surface area contributed by atoms with Crippen molar-refractivity contribution in [2.24, 2.45) is 5.92 Å². The number of carbonyl (C=O) groups excluding carboxylic acids is 2. The van der Waals surface area contributed by atoms with Crippen LogP contribution in [0.25, 0.3) is 0 Å². The molecule has 4 rings (SSSR count). The summed E-state index contributed by atoms with van der Waals surface area (Å²) in [5.74, 6) is 0.00421. The molecular weight excluding hydrogens is 598 g/mol. The van der Waals surface area contributed by atoms with Crippen molar-refractivity contribution in [3.63, 3.8) is 0 Å². The Labute approximate surface area is 273 Å². The number of carbonyl (C=O) groups is 2. The lowest BCUT2D eigenvalue weighted by Gasteiger charge is -2.34. The Morgan fingerprint density at radius 3 is 1.98 bits per heavy atom. The van der Waals surface area contributed by atoms with Gasteiger partial charge in [0.15, 0.2) is 0 Å². The summed E-state index contributed by atoms with van der Waals surface area (Å²) < 4.78 is 33.2. The first-order valence-electron chi connectivity index (χ1n) is 15.4. The summed E-state index contributed by atoms with van der Waals surface area (Å²) in [5.41, 5.74) is 4.05. The van der Waals surface area contributed by atoms with E-state index in [4.69, 9.17) is 4.74 Å². The molecule has 0 aromatic heterocycles. The van der Waals surface area contributed by atoms with Gasteiger partial charge in [-0.1, -0.05) is 98.8 Å². The van der Waals surface area contributed by atoms with E-state index in [9.17, 15) is 18.0 Å². The molecule has 0 aliphatic heterocycles. The van der Waals surface area contributed by atoms with Crippen LogP contribution in [0.4, 0.5) is 5.69 Å². The van der Waals surface area contributed by atoms with Crippen molar-refractivity contribution < 1.29 is 22.7 Å². The summed E-state index contributed by atoms with van der Waals surface area (Å²) in [5, 5.41) is 3.00. The molecule has 0 saturated heterocycles. The molecular formula is C37H43N3O5S. The van der Waals surface area contributed by atoms with E-state index in [2.05, 4.69) is 5.32 Å². The molecule has 1 atom stereocenters. The van der Waals surface area contributed by atoms with Gasteiger partial charge < -0.3 is 15.0 Å². The molecule has 4 aromatic rings. The number of aryl methyl sites for hydroxylation is 1. The molecule has 2 amide bonds. The molecule has 0 aliphatic rings. The summed E-state index contributed by atoms with van der Waals surface area (Å²) >= 11 is 0. The van der Waals surface area contributed by atoms with Crippen molar-refractivity contribution in [1.29, 1.82) is 0 Å². The smallest absolute Gasteiger partial charge is 0.244 e. The van der Waals surface area contributed by atoms with E-state index in [0.717, 1.165) is 32.8 Å². The molecule has 0 bridgehead atoms. The molecule has 0 aliphatic carbocycles. The van der Waals surface area contributed by atoms with Crippen LogP contribution >= 0.6 is 0 Å². The number of rotatable bonds is 15. The van der Waals surface area contributed by atoms with Gasteiger partial charge in [-0.3, -0.25) is 13.9 Å². The van der Waals surface area contributed by atoms with E-state index in [1.165, 1.54) is 4.90 Å². The molecule has 8 nitrogen and oxygen atoms in total. The highest BCUT2D eigenvalue weighted by atomic mass is 32.2. The molecule has 0 unspecified atom stereocenters. The highest BCUT2D eigenvalue weighted by Crippen LogP contribution is 2.24. The fraction of sp³-hybridized carbons (Fsp3) is 0.297. The first kappa shape index (κ1) is 34.2. The number of sulfonamides is 1. The van der Waals surface area contributed by atoms with Crippen molar-refractivity contribution in [2.75, 3.05) is 23.7 Å². The normalized spacial score (nSPS) is 11.9.